The van der Waals surface area contributed by atoms with Crippen LogP contribution >= 0.6 is 27.5 Å². The molecule has 3 aromatic carbocycles. The zero-order chi connectivity index (χ0) is 23.1. The Bertz CT molecular complexity index is 1270. The number of rotatable bonds is 5. The van der Waals surface area contributed by atoms with E-state index >= 15 is 0 Å². The second-order valence-corrected chi connectivity index (χ2v) is 10.2. The molecule has 2 N–H and O–H groups in total. The van der Waals surface area contributed by atoms with E-state index in [1.165, 1.54) is 16.5 Å². The summed E-state index contributed by atoms with van der Waals surface area (Å²) < 4.78 is 6.99. The molecular formula is C27H26BrClN2O2. The van der Waals surface area contributed by atoms with Gasteiger partial charge in [-0.1, -0.05) is 65.6 Å². The van der Waals surface area contributed by atoms with Gasteiger partial charge in [-0.3, -0.25) is 0 Å². The predicted molar refractivity (Wildman–Crippen MR) is 137 cm³/mol. The summed E-state index contributed by atoms with van der Waals surface area (Å²) >= 11 is 9.62. The first-order chi connectivity index (χ1) is 15.9. The number of hydrogen-bond acceptors (Lipinski definition) is 3. The normalized spacial score (nSPS) is 17.3. The number of halogens is 2. The van der Waals surface area contributed by atoms with Crippen molar-refractivity contribution in [3.63, 3.8) is 0 Å². The van der Waals surface area contributed by atoms with Crippen molar-refractivity contribution in [2.75, 3.05) is 6.54 Å². The average Bonchev–Trinajstić information content (AvgIpc) is 3.17. The Balaban J connectivity index is 1.56. The minimum Gasteiger partial charge on any atom is -0.451 e. The summed E-state index contributed by atoms with van der Waals surface area (Å²) in [6.07, 6.45) is -0.291. The Morgan fingerprint density at radius 3 is 2.48 bits per heavy atom. The molecule has 4 nitrogen and oxygen atoms in total. The monoisotopic (exact) mass is 524 g/mol. The summed E-state index contributed by atoms with van der Waals surface area (Å²) in [5.41, 5.74) is 5.90. The van der Waals surface area contributed by atoms with Crippen LogP contribution in [0.2, 0.25) is 5.02 Å². The topological polar surface area (TPSA) is 48.5 Å². The van der Waals surface area contributed by atoms with Gasteiger partial charge >= 0.3 is 0 Å². The van der Waals surface area contributed by atoms with Gasteiger partial charge in [0, 0.05) is 32.6 Å². The predicted octanol–water partition coefficient (Wildman–Crippen LogP) is 7.01. The summed E-state index contributed by atoms with van der Waals surface area (Å²) in [5, 5.41) is 13.0. The molecule has 2 atom stereocenters. The molecule has 2 unspecified atom stereocenters. The highest BCUT2D eigenvalue weighted by atomic mass is 79.9. The van der Waals surface area contributed by atoms with Crippen molar-refractivity contribution in [3.05, 3.63) is 98.6 Å². The fourth-order valence-corrected chi connectivity index (χ4v) is 5.13. The van der Waals surface area contributed by atoms with E-state index in [0.717, 1.165) is 27.7 Å². The van der Waals surface area contributed by atoms with Crippen LogP contribution in [0, 0.1) is 0 Å². The van der Waals surface area contributed by atoms with E-state index in [0.29, 0.717) is 23.2 Å². The van der Waals surface area contributed by atoms with Gasteiger partial charge in [0.05, 0.1) is 6.04 Å². The van der Waals surface area contributed by atoms with E-state index in [9.17, 15) is 5.11 Å². The zero-order valence-electron chi connectivity index (χ0n) is 18.6. The molecule has 170 valence electrons. The van der Waals surface area contributed by atoms with Gasteiger partial charge in [0.1, 0.15) is 5.75 Å². The van der Waals surface area contributed by atoms with Crippen LogP contribution in [0.3, 0.4) is 0 Å². The highest BCUT2D eigenvalue weighted by Gasteiger charge is 2.36. The summed E-state index contributed by atoms with van der Waals surface area (Å²) in [6, 6.07) is 21.9. The smallest absolute Gasteiger partial charge is 0.260 e. The van der Waals surface area contributed by atoms with Crippen molar-refractivity contribution in [3.8, 4) is 5.75 Å². The molecular weight excluding hydrogens is 500 g/mol. The Morgan fingerprint density at radius 2 is 1.79 bits per heavy atom. The molecule has 6 heteroatoms. The molecule has 1 aliphatic rings. The van der Waals surface area contributed by atoms with Crippen molar-refractivity contribution in [1.82, 2.24) is 9.88 Å². The van der Waals surface area contributed by atoms with Gasteiger partial charge in [-0.2, -0.15) is 0 Å². The number of hydrogen-bond donors (Lipinski definition) is 2. The van der Waals surface area contributed by atoms with Crippen molar-refractivity contribution in [2.45, 2.75) is 38.6 Å². The Kier molecular flexibility index (Phi) is 6.23. The molecule has 0 radical (unpaired) electrons. The molecule has 0 aliphatic carbocycles. The zero-order valence-corrected chi connectivity index (χ0v) is 20.9. The third-order valence-corrected chi connectivity index (χ3v) is 7.13. The lowest BCUT2D eigenvalue weighted by molar-refractivity contribution is -0.150. The van der Waals surface area contributed by atoms with Crippen molar-refractivity contribution in [1.29, 1.82) is 0 Å². The molecule has 0 saturated carbocycles. The first-order valence-electron chi connectivity index (χ1n) is 11.2. The summed E-state index contributed by atoms with van der Waals surface area (Å²) in [5.74, 6) is 1.04. The fourth-order valence-electron chi connectivity index (χ4n) is 4.64. The van der Waals surface area contributed by atoms with E-state index in [1.807, 2.05) is 11.0 Å². The van der Waals surface area contributed by atoms with Gasteiger partial charge in [0.25, 0.3) is 6.41 Å². The quantitative estimate of drug-likeness (QED) is 0.276. The third kappa shape index (κ3) is 4.43. The molecule has 1 aromatic heterocycles. The highest BCUT2D eigenvalue weighted by Crippen LogP contribution is 2.40. The number of nitrogens with one attached hydrogen (secondary N) is 1. The molecule has 0 spiro atoms. The van der Waals surface area contributed by atoms with Crippen LogP contribution in [0.15, 0.2) is 71.2 Å². The minimum absolute atomic E-state index is 0.163. The summed E-state index contributed by atoms with van der Waals surface area (Å²) in [4.78, 5) is 5.64. The van der Waals surface area contributed by atoms with Crippen LogP contribution in [0.4, 0.5) is 0 Å². The van der Waals surface area contributed by atoms with Crippen LogP contribution in [0.25, 0.3) is 10.9 Å². The maximum absolute atomic E-state index is 11.2. The molecule has 0 saturated heterocycles. The lowest BCUT2D eigenvalue weighted by Crippen LogP contribution is -2.46. The fraction of sp³-hybridized carbons (Fsp3) is 0.259. The van der Waals surface area contributed by atoms with Crippen molar-refractivity contribution in [2.24, 2.45) is 0 Å². The SMILES string of the molecule is CC(C)c1ccc(C2c3[nH]c4ccc(Br)cc4c3CCN2C(O)Oc2ccc(Cl)cc2)cc1. The Labute approximate surface area is 207 Å². The van der Waals surface area contributed by atoms with Gasteiger partial charge in [0.2, 0.25) is 0 Å². The molecule has 0 fully saturated rings. The number of aliphatic hydroxyl groups excluding tert-OH is 1. The average molecular weight is 526 g/mol. The number of aliphatic hydroxyl groups is 1. The number of nitrogens with zero attached hydrogens (tertiary/aromatic N) is 1. The third-order valence-electron chi connectivity index (χ3n) is 6.38. The molecule has 5 rings (SSSR count). The maximum Gasteiger partial charge on any atom is 0.260 e. The van der Waals surface area contributed by atoms with Crippen molar-refractivity contribution >= 4 is 38.4 Å². The first kappa shape index (κ1) is 22.5. The van der Waals surface area contributed by atoms with E-state index in [2.05, 4.69) is 71.2 Å². The molecule has 33 heavy (non-hydrogen) atoms. The number of ether oxygens (including phenoxy) is 1. The second kappa shape index (κ2) is 9.15. The first-order valence-corrected chi connectivity index (χ1v) is 12.3. The molecule has 2 heterocycles. The standard InChI is InChI=1S/C27H26BrClN2O2/c1-16(2)17-3-5-18(6-4-17)26-25-22(23-15-19(28)7-12-24(23)30-25)13-14-31(26)27(32)33-21-10-8-20(29)9-11-21/h3-12,15-16,26-27,30,32H,13-14H2,1-2H3. The van der Waals surface area contributed by atoms with E-state index in [4.69, 9.17) is 16.3 Å². The minimum atomic E-state index is -1.10. The summed E-state index contributed by atoms with van der Waals surface area (Å²) in [6.45, 7) is 5.05. The number of aromatic nitrogens is 1. The van der Waals surface area contributed by atoms with Gasteiger partial charge in [-0.25, -0.2) is 4.90 Å². The van der Waals surface area contributed by atoms with Gasteiger partial charge in [-0.15, -0.1) is 0 Å². The molecule has 0 amide bonds. The Hall–Kier alpha value is -2.31. The van der Waals surface area contributed by atoms with Crippen molar-refractivity contribution < 1.29 is 9.84 Å². The van der Waals surface area contributed by atoms with Crippen LogP contribution in [0.1, 0.15) is 48.2 Å². The van der Waals surface area contributed by atoms with Crippen LogP contribution in [0.5, 0.6) is 5.75 Å². The van der Waals surface area contributed by atoms with E-state index < -0.39 is 6.41 Å². The molecule has 4 aromatic rings. The highest BCUT2D eigenvalue weighted by molar-refractivity contribution is 9.10. The lowest BCUT2D eigenvalue weighted by Gasteiger charge is -2.38. The van der Waals surface area contributed by atoms with Crippen LogP contribution in [-0.2, 0) is 6.42 Å². The molecule has 0 bridgehead atoms. The van der Waals surface area contributed by atoms with E-state index in [-0.39, 0.29) is 6.04 Å². The maximum atomic E-state index is 11.2. The van der Waals surface area contributed by atoms with Crippen LogP contribution in [-0.4, -0.2) is 27.9 Å². The van der Waals surface area contributed by atoms with Gasteiger partial charge in [0.15, 0.2) is 0 Å². The second-order valence-electron chi connectivity index (χ2n) is 8.82. The van der Waals surface area contributed by atoms with Gasteiger partial charge < -0.3 is 14.8 Å². The van der Waals surface area contributed by atoms with Crippen LogP contribution < -0.4 is 4.74 Å². The number of benzene rings is 3. The summed E-state index contributed by atoms with van der Waals surface area (Å²) in [7, 11) is 0. The molecule has 1 aliphatic heterocycles. The number of aromatic amines is 1. The lowest BCUT2D eigenvalue weighted by atomic mass is 9.91. The Morgan fingerprint density at radius 1 is 1.06 bits per heavy atom. The largest absolute Gasteiger partial charge is 0.451 e. The van der Waals surface area contributed by atoms with E-state index in [1.54, 1.807) is 24.3 Å². The number of H-pyrrole nitrogens is 1. The number of fused-ring (bicyclic) bond motifs is 3. The van der Waals surface area contributed by atoms with Gasteiger partial charge in [-0.05, 0) is 71.5 Å².